The van der Waals surface area contributed by atoms with E-state index in [0.29, 0.717) is 19.5 Å². The summed E-state index contributed by atoms with van der Waals surface area (Å²) in [6.45, 7) is 6.77. The molecule has 1 fully saturated rings. The smallest absolute Gasteiger partial charge is 0.242 e. The summed E-state index contributed by atoms with van der Waals surface area (Å²) in [4.78, 5) is 31.4. The molecule has 2 amide bonds. The zero-order valence-electron chi connectivity index (χ0n) is 26.9. The van der Waals surface area contributed by atoms with Crippen LogP contribution >= 0.6 is 0 Å². The van der Waals surface area contributed by atoms with Crippen molar-refractivity contribution in [2.45, 2.75) is 149 Å². The van der Waals surface area contributed by atoms with E-state index in [1.807, 2.05) is 11.0 Å². The summed E-state index contributed by atoms with van der Waals surface area (Å²) in [5.41, 5.74) is 2.42. The molecule has 1 aromatic carbocycles. The first kappa shape index (κ1) is 33.9. The van der Waals surface area contributed by atoms with Gasteiger partial charge in [-0.3, -0.25) is 9.59 Å². The monoisotopic (exact) mass is 577 g/mol. The SMILES string of the molecule is CCCCCCCCCCCC(=O)N(CCCCC)CC(=O)N(Cc1cccn1Cc1ccccc1)C1CCCCC1. The lowest BCUT2D eigenvalue weighted by Crippen LogP contribution is -2.47. The molecule has 5 heteroatoms. The fraction of sp³-hybridized carbons (Fsp3) is 0.676. The highest BCUT2D eigenvalue weighted by Gasteiger charge is 2.28. The van der Waals surface area contributed by atoms with E-state index in [9.17, 15) is 9.59 Å². The van der Waals surface area contributed by atoms with Gasteiger partial charge in [0.1, 0.15) is 0 Å². The molecule has 5 nitrogen and oxygen atoms in total. The van der Waals surface area contributed by atoms with Crippen LogP contribution in [0.25, 0.3) is 0 Å². The predicted molar refractivity (Wildman–Crippen MR) is 175 cm³/mol. The largest absolute Gasteiger partial charge is 0.345 e. The Morgan fingerprint density at radius 3 is 2.07 bits per heavy atom. The molecule has 1 saturated carbocycles. The van der Waals surface area contributed by atoms with Gasteiger partial charge in [-0.05, 0) is 43.4 Å². The maximum absolute atomic E-state index is 14.0. The molecule has 1 aliphatic carbocycles. The van der Waals surface area contributed by atoms with Crippen LogP contribution in [-0.2, 0) is 22.7 Å². The van der Waals surface area contributed by atoms with Gasteiger partial charge in [-0.1, -0.05) is 128 Å². The summed E-state index contributed by atoms with van der Waals surface area (Å²) in [5, 5.41) is 0. The van der Waals surface area contributed by atoms with Crippen LogP contribution in [0.3, 0.4) is 0 Å². The summed E-state index contributed by atoms with van der Waals surface area (Å²) in [5.74, 6) is 0.282. The highest BCUT2D eigenvalue weighted by atomic mass is 16.2. The van der Waals surface area contributed by atoms with Gasteiger partial charge in [0.05, 0.1) is 13.1 Å². The van der Waals surface area contributed by atoms with Crippen LogP contribution < -0.4 is 0 Å². The molecule has 0 spiro atoms. The van der Waals surface area contributed by atoms with E-state index in [4.69, 9.17) is 0 Å². The van der Waals surface area contributed by atoms with Crippen molar-refractivity contribution >= 4 is 11.8 Å². The van der Waals surface area contributed by atoms with Gasteiger partial charge >= 0.3 is 0 Å². The molecular weight excluding hydrogens is 518 g/mol. The zero-order chi connectivity index (χ0) is 29.8. The second kappa shape index (κ2) is 20.4. The number of amides is 2. The van der Waals surface area contributed by atoms with Crippen molar-refractivity contribution in [3.63, 3.8) is 0 Å². The molecule has 1 aromatic heterocycles. The maximum atomic E-state index is 14.0. The van der Waals surface area contributed by atoms with Crippen LogP contribution in [0.15, 0.2) is 48.7 Å². The number of carbonyl (C=O) groups excluding carboxylic acids is 2. The first-order valence-corrected chi connectivity index (χ1v) is 17.4. The number of benzene rings is 1. The quantitative estimate of drug-likeness (QED) is 0.139. The van der Waals surface area contributed by atoms with Crippen molar-refractivity contribution in [3.05, 3.63) is 59.9 Å². The van der Waals surface area contributed by atoms with Gasteiger partial charge < -0.3 is 14.4 Å². The number of unbranched alkanes of at least 4 members (excludes halogenated alkanes) is 10. The first-order valence-electron chi connectivity index (χ1n) is 17.4. The zero-order valence-corrected chi connectivity index (χ0v) is 26.9. The molecule has 0 N–H and O–H groups in total. The lowest BCUT2D eigenvalue weighted by atomic mass is 9.94. The van der Waals surface area contributed by atoms with Crippen molar-refractivity contribution in [2.24, 2.45) is 0 Å². The molecule has 0 radical (unpaired) electrons. The topological polar surface area (TPSA) is 45.6 Å². The number of hydrogen-bond acceptors (Lipinski definition) is 2. The Bertz CT molecular complexity index is 995. The van der Waals surface area contributed by atoms with Crippen molar-refractivity contribution in [1.82, 2.24) is 14.4 Å². The van der Waals surface area contributed by atoms with Crippen LogP contribution in [0.1, 0.15) is 141 Å². The third-order valence-corrected chi connectivity index (χ3v) is 8.99. The van der Waals surface area contributed by atoms with E-state index in [1.54, 1.807) is 0 Å². The molecule has 1 aliphatic rings. The number of nitrogens with zero attached hydrogens (tertiary/aromatic N) is 3. The standard InChI is InChI=1S/C37H59N3O2/c1-3-5-7-8-9-10-11-12-19-27-36(41)39(28-20-6-4-2)32-37(42)40(34-24-17-14-18-25-34)31-35-26-21-29-38(35)30-33-22-15-13-16-23-33/h13,15-16,21-23,26,29,34H,3-12,14,17-20,24-25,27-28,30-32H2,1-2H3. The van der Waals surface area contributed by atoms with E-state index >= 15 is 0 Å². The fourth-order valence-electron chi connectivity index (χ4n) is 6.36. The predicted octanol–water partition coefficient (Wildman–Crippen LogP) is 9.14. The Balaban J connectivity index is 1.60. The summed E-state index contributed by atoms with van der Waals surface area (Å²) in [7, 11) is 0. The number of rotatable bonds is 21. The molecule has 234 valence electrons. The second-order valence-electron chi connectivity index (χ2n) is 12.5. The van der Waals surface area contributed by atoms with E-state index in [-0.39, 0.29) is 24.4 Å². The Morgan fingerprint density at radius 1 is 0.738 bits per heavy atom. The summed E-state index contributed by atoms with van der Waals surface area (Å²) in [6, 6.07) is 15.0. The number of carbonyl (C=O) groups is 2. The van der Waals surface area contributed by atoms with Crippen LogP contribution in [0, 0.1) is 0 Å². The summed E-state index contributed by atoms with van der Waals surface area (Å²) < 4.78 is 2.27. The molecule has 42 heavy (non-hydrogen) atoms. The van der Waals surface area contributed by atoms with Crippen molar-refractivity contribution < 1.29 is 9.59 Å². The van der Waals surface area contributed by atoms with E-state index < -0.39 is 0 Å². The number of aromatic nitrogens is 1. The van der Waals surface area contributed by atoms with Gasteiger partial charge in [0.15, 0.2) is 0 Å². The van der Waals surface area contributed by atoms with Crippen molar-refractivity contribution in [2.75, 3.05) is 13.1 Å². The minimum Gasteiger partial charge on any atom is -0.345 e. The molecule has 0 atom stereocenters. The number of hydrogen-bond donors (Lipinski definition) is 0. The summed E-state index contributed by atoms with van der Waals surface area (Å²) in [6.07, 6.45) is 22.8. The van der Waals surface area contributed by atoms with Crippen LogP contribution in [0.2, 0.25) is 0 Å². The first-order chi connectivity index (χ1) is 20.6. The van der Waals surface area contributed by atoms with E-state index in [1.165, 1.54) is 69.8 Å². The second-order valence-corrected chi connectivity index (χ2v) is 12.5. The Hall–Kier alpha value is -2.56. The molecule has 0 unspecified atom stereocenters. The lowest BCUT2D eigenvalue weighted by Gasteiger charge is -2.36. The third kappa shape index (κ3) is 12.4. The van der Waals surface area contributed by atoms with Crippen LogP contribution in [-0.4, -0.2) is 45.3 Å². The Labute approximate surface area is 257 Å². The molecule has 0 aliphatic heterocycles. The average molecular weight is 578 g/mol. The van der Waals surface area contributed by atoms with Crippen molar-refractivity contribution in [1.29, 1.82) is 0 Å². The molecule has 3 rings (SSSR count). The van der Waals surface area contributed by atoms with Gasteiger partial charge in [-0.15, -0.1) is 0 Å². The van der Waals surface area contributed by atoms with Gasteiger partial charge in [-0.2, -0.15) is 0 Å². The van der Waals surface area contributed by atoms with E-state index in [2.05, 4.69) is 65.9 Å². The maximum Gasteiger partial charge on any atom is 0.242 e. The minimum atomic E-state index is 0.117. The highest BCUT2D eigenvalue weighted by molar-refractivity contribution is 5.85. The normalized spacial score (nSPS) is 13.8. The van der Waals surface area contributed by atoms with Crippen LogP contribution in [0.4, 0.5) is 0 Å². The molecule has 2 aromatic rings. The summed E-state index contributed by atoms with van der Waals surface area (Å²) >= 11 is 0. The van der Waals surface area contributed by atoms with Crippen molar-refractivity contribution in [3.8, 4) is 0 Å². The van der Waals surface area contributed by atoms with Gasteiger partial charge in [0.25, 0.3) is 0 Å². The Morgan fingerprint density at radius 2 is 1.38 bits per heavy atom. The molecular formula is C37H59N3O2. The van der Waals surface area contributed by atoms with Gasteiger partial charge in [0, 0.05) is 37.4 Å². The molecule has 0 saturated heterocycles. The van der Waals surface area contributed by atoms with Gasteiger partial charge in [0.2, 0.25) is 11.8 Å². The van der Waals surface area contributed by atoms with Crippen LogP contribution in [0.5, 0.6) is 0 Å². The minimum absolute atomic E-state index is 0.117. The lowest BCUT2D eigenvalue weighted by molar-refractivity contribution is -0.143. The van der Waals surface area contributed by atoms with Gasteiger partial charge in [-0.25, -0.2) is 0 Å². The Kier molecular flexibility index (Phi) is 16.5. The average Bonchev–Trinajstić information content (AvgIpc) is 3.45. The van der Waals surface area contributed by atoms with E-state index in [0.717, 1.165) is 57.2 Å². The highest BCUT2D eigenvalue weighted by Crippen LogP contribution is 2.25. The molecule has 0 bridgehead atoms. The third-order valence-electron chi connectivity index (χ3n) is 8.99. The molecule has 1 heterocycles. The fourth-order valence-corrected chi connectivity index (χ4v) is 6.36.